The number of methoxy groups -OCH3 is 1. The lowest BCUT2D eigenvalue weighted by Gasteiger charge is -2.47. The Morgan fingerprint density at radius 3 is 2.38 bits per heavy atom. The fourth-order valence-corrected chi connectivity index (χ4v) is 4.97. The van der Waals surface area contributed by atoms with E-state index in [0.717, 1.165) is 44.0 Å². The molecule has 184 valence electrons. The Hall–Kier alpha value is -2.63. The van der Waals surface area contributed by atoms with Crippen molar-refractivity contribution >= 4 is 5.91 Å². The molecule has 2 aromatic carbocycles. The molecule has 5 nitrogen and oxygen atoms in total. The van der Waals surface area contributed by atoms with Gasteiger partial charge in [0, 0.05) is 50.4 Å². The van der Waals surface area contributed by atoms with E-state index in [0.29, 0.717) is 12.1 Å². The normalized spacial score (nSPS) is 20.4. The summed E-state index contributed by atoms with van der Waals surface area (Å²) in [4.78, 5) is 19.9. The van der Waals surface area contributed by atoms with Crippen molar-refractivity contribution in [2.24, 2.45) is 0 Å². The Bertz CT molecular complexity index is 952. The third kappa shape index (κ3) is 5.89. The van der Waals surface area contributed by atoms with Crippen LogP contribution in [-0.4, -0.2) is 72.5 Å². The smallest absolute Gasteiger partial charge is 0.253 e. The molecule has 1 aliphatic heterocycles. The first-order chi connectivity index (χ1) is 16.4. The third-order valence-corrected chi connectivity index (χ3v) is 7.00. The minimum absolute atomic E-state index is 0.0917. The average molecular weight is 464 g/mol. The van der Waals surface area contributed by atoms with Gasteiger partial charge in [0.05, 0.1) is 13.2 Å². The Balaban J connectivity index is 1.96. The van der Waals surface area contributed by atoms with E-state index in [4.69, 9.17) is 4.74 Å². The fraction of sp³-hybridized carbons (Fsp3) is 0.483. The number of allylic oxidation sites excluding steroid dienone is 1. The number of carbonyl (C=O) groups is 1. The number of ether oxygens (including phenoxy) is 1. The molecule has 5 heteroatoms. The van der Waals surface area contributed by atoms with Crippen molar-refractivity contribution in [3.05, 3.63) is 77.4 Å². The molecule has 0 aromatic heterocycles. The van der Waals surface area contributed by atoms with Gasteiger partial charge < -0.3 is 9.64 Å². The van der Waals surface area contributed by atoms with Gasteiger partial charge >= 0.3 is 0 Å². The summed E-state index contributed by atoms with van der Waals surface area (Å²) in [6, 6.07) is 17.5. The molecule has 0 unspecified atom stereocenters. The van der Waals surface area contributed by atoms with Crippen molar-refractivity contribution in [3.63, 3.8) is 0 Å². The van der Waals surface area contributed by atoms with Crippen LogP contribution in [0, 0.1) is 0 Å². The maximum atomic E-state index is 12.8. The van der Waals surface area contributed by atoms with Crippen LogP contribution in [0.25, 0.3) is 0 Å². The van der Waals surface area contributed by atoms with Crippen molar-refractivity contribution < 1.29 is 9.53 Å². The SMILES string of the molecule is C/C=C/CN1C[C@H](C)N([C@@H](c2ccc(C(=O)N(CC)CC)cc2)c2cccc(OC)c2)C[C@H]1C. The number of benzene rings is 2. The summed E-state index contributed by atoms with van der Waals surface area (Å²) in [6.45, 7) is 15.2. The second kappa shape index (κ2) is 12.2. The molecule has 0 bridgehead atoms. The number of hydrogen-bond acceptors (Lipinski definition) is 4. The molecular formula is C29H41N3O2. The number of amides is 1. The molecule has 34 heavy (non-hydrogen) atoms. The van der Waals surface area contributed by atoms with E-state index in [1.807, 2.05) is 36.9 Å². The quantitative estimate of drug-likeness (QED) is 0.477. The highest BCUT2D eigenvalue weighted by Crippen LogP contribution is 2.35. The predicted molar refractivity (Wildman–Crippen MR) is 141 cm³/mol. The van der Waals surface area contributed by atoms with Crippen LogP contribution >= 0.6 is 0 Å². The van der Waals surface area contributed by atoms with Gasteiger partial charge in [0.1, 0.15) is 5.75 Å². The average Bonchev–Trinajstić information content (AvgIpc) is 2.86. The van der Waals surface area contributed by atoms with Gasteiger partial charge in [0.25, 0.3) is 5.91 Å². The summed E-state index contributed by atoms with van der Waals surface area (Å²) >= 11 is 0. The lowest BCUT2D eigenvalue weighted by molar-refractivity contribution is 0.0305. The van der Waals surface area contributed by atoms with Gasteiger partial charge in [-0.25, -0.2) is 0 Å². The van der Waals surface area contributed by atoms with Crippen LogP contribution in [0.3, 0.4) is 0 Å². The molecule has 3 atom stereocenters. The van der Waals surface area contributed by atoms with Gasteiger partial charge in [0.2, 0.25) is 0 Å². The van der Waals surface area contributed by atoms with E-state index >= 15 is 0 Å². The number of rotatable bonds is 9. The number of nitrogens with zero attached hydrogens (tertiary/aromatic N) is 3. The summed E-state index contributed by atoms with van der Waals surface area (Å²) in [5.74, 6) is 0.956. The standard InChI is InChI=1S/C29H41N3O2/c1-7-10-18-31-20-23(5)32(21-22(31)4)28(26-12-11-13-27(19-26)34-6)24-14-16-25(17-15-24)29(33)30(8-2)9-3/h7,10-17,19,22-23,28H,8-9,18,20-21H2,1-6H3/b10-7+/t22-,23+,28+/m1/s1. The molecule has 0 spiro atoms. The molecule has 0 saturated carbocycles. The summed E-state index contributed by atoms with van der Waals surface area (Å²) in [5, 5.41) is 0. The van der Waals surface area contributed by atoms with E-state index in [1.54, 1.807) is 7.11 Å². The summed E-state index contributed by atoms with van der Waals surface area (Å²) < 4.78 is 5.55. The largest absolute Gasteiger partial charge is 0.497 e. The molecule has 0 aliphatic carbocycles. The van der Waals surface area contributed by atoms with Crippen LogP contribution in [0.15, 0.2) is 60.7 Å². The highest BCUT2D eigenvalue weighted by Gasteiger charge is 2.34. The van der Waals surface area contributed by atoms with Crippen LogP contribution in [0.4, 0.5) is 0 Å². The maximum Gasteiger partial charge on any atom is 0.253 e. The Kier molecular flexibility index (Phi) is 9.31. The minimum atomic E-state index is 0.0917. The zero-order valence-electron chi connectivity index (χ0n) is 21.7. The molecular weight excluding hydrogens is 422 g/mol. The summed E-state index contributed by atoms with van der Waals surface area (Å²) in [5.41, 5.74) is 3.16. The first-order valence-corrected chi connectivity index (χ1v) is 12.6. The van der Waals surface area contributed by atoms with E-state index in [1.165, 1.54) is 11.1 Å². The first kappa shape index (κ1) is 26.0. The predicted octanol–water partition coefficient (Wildman–Crippen LogP) is 5.24. The van der Waals surface area contributed by atoms with Gasteiger partial charge in [-0.1, -0.05) is 36.4 Å². The molecule has 3 rings (SSSR count). The van der Waals surface area contributed by atoms with Crippen LogP contribution in [0.2, 0.25) is 0 Å². The first-order valence-electron chi connectivity index (χ1n) is 12.6. The van der Waals surface area contributed by atoms with Gasteiger partial charge in [-0.3, -0.25) is 14.6 Å². The van der Waals surface area contributed by atoms with Crippen molar-refractivity contribution in [2.45, 2.75) is 52.7 Å². The molecule has 0 radical (unpaired) electrons. The Morgan fingerprint density at radius 2 is 1.76 bits per heavy atom. The van der Waals surface area contributed by atoms with Crippen molar-refractivity contribution in [1.82, 2.24) is 14.7 Å². The van der Waals surface area contributed by atoms with Crippen molar-refractivity contribution in [1.29, 1.82) is 0 Å². The molecule has 1 saturated heterocycles. The van der Waals surface area contributed by atoms with Gasteiger partial charge in [0.15, 0.2) is 0 Å². The molecule has 1 fully saturated rings. The van der Waals surface area contributed by atoms with Crippen molar-refractivity contribution in [2.75, 3.05) is 39.8 Å². The van der Waals surface area contributed by atoms with Crippen LogP contribution in [0.5, 0.6) is 5.75 Å². The van der Waals surface area contributed by atoms with Gasteiger partial charge in [-0.2, -0.15) is 0 Å². The lowest BCUT2D eigenvalue weighted by atomic mass is 9.92. The molecule has 1 amide bonds. The van der Waals surface area contributed by atoms with E-state index in [-0.39, 0.29) is 11.9 Å². The second-order valence-electron chi connectivity index (χ2n) is 9.20. The highest BCUT2D eigenvalue weighted by atomic mass is 16.5. The maximum absolute atomic E-state index is 12.8. The summed E-state index contributed by atoms with van der Waals surface area (Å²) in [7, 11) is 1.71. The zero-order valence-corrected chi connectivity index (χ0v) is 21.7. The monoisotopic (exact) mass is 463 g/mol. The second-order valence-corrected chi connectivity index (χ2v) is 9.20. The van der Waals surface area contributed by atoms with Gasteiger partial charge in [-0.15, -0.1) is 0 Å². The number of hydrogen-bond donors (Lipinski definition) is 0. The zero-order chi connectivity index (χ0) is 24.7. The number of piperazine rings is 1. The lowest BCUT2D eigenvalue weighted by Crippen LogP contribution is -2.57. The minimum Gasteiger partial charge on any atom is -0.497 e. The molecule has 0 N–H and O–H groups in total. The van der Waals surface area contributed by atoms with Gasteiger partial charge in [-0.05, 0) is 70.0 Å². The molecule has 1 aliphatic rings. The molecule has 2 aromatic rings. The fourth-order valence-electron chi connectivity index (χ4n) is 4.97. The molecule has 1 heterocycles. The Labute approximate surface area is 206 Å². The Morgan fingerprint density at radius 1 is 1.06 bits per heavy atom. The van der Waals surface area contributed by atoms with E-state index < -0.39 is 0 Å². The van der Waals surface area contributed by atoms with Crippen LogP contribution in [0.1, 0.15) is 62.1 Å². The topological polar surface area (TPSA) is 36.0 Å². The summed E-state index contributed by atoms with van der Waals surface area (Å²) in [6.07, 6.45) is 4.37. The van der Waals surface area contributed by atoms with E-state index in [9.17, 15) is 4.79 Å². The van der Waals surface area contributed by atoms with Crippen LogP contribution in [-0.2, 0) is 0 Å². The highest BCUT2D eigenvalue weighted by molar-refractivity contribution is 5.94. The van der Waals surface area contributed by atoms with Crippen molar-refractivity contribution in [3.8, 4) is 5.75 Å². The van der Waals surface area contributed by atoms with Crippen LogP contribution < -0.4 is 4.74 Å². The third-order valence-electron chi connectivity index (χ3n) is 7.00. The number of carbonyl (C=O) groups excluding carboxylic acids is 1. The van der Waals surface area contributed by atoms with E-state index in [2.05, 4.69) is 73.1 Å².